The van der Waals surface area contributed by atoms with E-state index in [0.29, 0.717) is 5.02 Å². The van der Waals surface area contributed by atoms with Gasteiger partial charge in [-0.3, -0.25) is 14.9 Å². The molecule has 0 heterocycles. The molecule has 0 spiro atoms. The molecule has 2 aliphatic rings. The van der Waals surface area contributed by atoms with Crippen LogP contribution in [0.3, 0.4) is 0 Å². The van der Waals surface area contributed by atoms with Crippen molar-refractivity contribution >= 4 is 17.6 Å². The Morgan fingerprint density at radius 3 is 2.70 bits per heavy atom. The minimum atomic E-state index is -1.15. The summed E-state index contributed by atoms with van der Waals surface area (Å²) in [6.07, 6.45) is 5.01. The lowest BCUT2D eigenvalue weighted by atomic mass is 9.70. The lowest BCUT2D eigenvalue weighted by Crippen LogP contribution is -2.48. The lowest BCUT2D eigenvalue weighted by molar-refractivity contribution is -0.581. The van der Waals surface area contributed by atoms with Crippen molar-refractivity contribution in [3.63, 3.8) is 0 Å². The van der Waals surface area contributed by atoms with Crippen LogP contribution in [0.5, 0.6) is 0 Å². The number of nitro groups is 1. The first-order valence-corrected chi connectivity index (χ1v) is 8.02. The topological polar surface area (TPSA) is 69.4 Å². The zero-order valence-corrected chi connectivity index (χ0v) is 13.5. The number of hydrogen-bond acceptors (Lipinski definition) is 4. The van der Waals surface area contributed by atoms with Crippen LogP contribution in [0.4, 0.5) is 0 Å². The summed E-state index contributed by atoms with van der Waals surface area (Å²) in [5.41, 5.74) is -0.241. The molecule has 0 amide bonds. The number of halogens is 1. The van der Waals surface area contributed by atoms with Crippen molar-refractivity contribution in [1.29, 1.82) is 0 Å². The fourth-order valence-electron chi connectivity index (χ4n) is 4.24. The first-order chi connectivity index (χ1) is 11.0. The molecule has 2 aliphatic carbocycles. The van der Waals surface area contributed by atoms with Crippen LogP contribution in [0.1, 0.15) is 30.7 Å². The standard InChI is InChI=1S/C17H18ClNO4/c1-23-15(20)8-9-17(19(21)22)13-5-2-12(10-13)16(17)11-3-6-14(18)7-4-11/h2-7,12-13,16H,8-10H2,1H3. The van der Waals surface area contributed by atoms with Gasteiger partial charge < -0.3 is 4.74 Å². The van der Waals surface area contributed by atoms with E-state index in [1.165, 1.54) is 7.11 Å². The highest BCUT2D eigenvalue weighted by atomic mass is 35.5. The van der Waals surface area contributed by atoms with Crippen molar-refractivity contribution < 1.29 is 14.5 Å². The van der Waals surface area contributed by atoms with Gasteiger partial charge in [0.15, 0.2) is 0 Å². The van der Waals surface area contributed by atoms with Crippen LogP contribution in [0, 0.1) is 22.0 Å². The molecule has 4 unspecified atom stereocenters. The van der Waals surface area contributed by atoms with E-state index >= 15 is 0 Å². The lowest BCUT2D eigenvalue weighted by Gasteiger charge is -2.34. The minimum absolute atomic E-state index is 0.0542. The van der Waals surface area contributed by atoms with Crippen molar-refractivity contribution in [2.75, 3.05) is 7.11 Å². The molecule has 1 aromatic carbocycles. The third-order valence-electron chi connectivity index (χ3n) is 5.25. The Morgan fingerprint density at radius 2 is 2.09 bits per heavy atom. The molecule has 1 aromatic rings. The van der Waals surface area contributed by atoms with E-state index in [2.05, 4.69) is 10.8 Å². The third-order valence-corrected chi connectivity index (χ3v) is 5.50. The number of carbonyl (C=O) groups excluding carboxylic acids is 1. The molecular formula is C17H18ClNO4. The van der Waals surface area contributed by atoms with E-state index in [9.17, 15) is 14.9 Å². The van der Waals surface area contributed by atoms with Crippen LogP contribution in [0.25, 0.3) is 0 Å². The maximum Gasteiger partial charge on any atom is 0.305 e. The Balaban J connectivity index is 2.00. The number of fused-ring (bicyclic) bond motifs is 2. The second kappa shape index (κ2) is 5.96. The number of carbonyl (C=O) groups is 1. The predicted octanol–water partition coefficient (Wildman–Crippen LogP) is 3.60. The number of hydrogen-bond donors (Lipinski definition) is 0. The van der Waals surface area contributed by atoms with Gasteiger partial charge in [-0.25, -0.2) is 0 Å². The first kappa shape index (κ1) is 16.0. The molecule has 5 nitrogen and oxygen atoms in total. The van der Waals surface area contributed by atoms with Crippen LogP contribution in [-0.4, -0.2) is 23.5 Å². The summed E-state index contributed by atoms with van der Waals surface area (Å²) in [5, 5.41) is 12.7. The van der Waals surface area contributed by atoms with Crippen molar-refractivity contribution in [3.8, 4) is 0 Å². The van der Waals surface area contributed by atoms with Gasteiger partial charge in [-0.1, -0.05) is 35.9 Å². The van der Waals surface area contributed by atoms with Crippen molar-refractivity contribution in [2.24, 2.45) is 11.8 Å². The van der Waals surface area contributed by atoms with Gasteiger partial charge in [-0.2, -0.15) is 0 Å². The largest absolute Gasteiger partial charge is 0.469 e. The predicted molar refractivity (Wildman–Crippen MR) is 85.9 cm³/mol. The number of rotatable bonds is 5. The van der Waals surface area contributed by atoms with Crippen LogP contribution >= 0.6 is 11.6 Å². The number of allylic oxidation sites excluding steroid dienone is 1. The Hall–Kier alpha value is -1.88. The highest BCUT2D eigenvalue weighted by Crippen LogP contribution is 2.58. The molecule has 0 aromatic heterocycles. The van der Waals surface area contributed by atoms with E-state index in [0.717, 1.165) is 12.0 Å². The molecule has 6 heteroatoms. The molecule has 0 aliphatic heterocycles. The summed E-state index contributed by atoms with van der Waals surface area (Å²) >= 11 is 5.94. The third kappa shape index (κ3) is 2.53. The van der Waals surface area contributed by atoms with Gasteiger partial charge in [0.1, 0.15) is 0 Å². The highest BCUT2D eigenvalue weighted by Gasteiger charge is 2.65. The second-order valence-corrected chi connectivity index (χ2v) is 6.68. The monoisotopic (exact) mass is 335 g/mol. The molecule has 122 valence electrons. The Kier molecular flexibility index (Phi) is 4.15. The minimum Gasteiger partial charge on any atom is -0.469 e. The Labute approximate surface area is 139 Å². The molecule has 4 atom stereocenters. The summed E-state index contributed by atoms with van der Waals surface area (Å²) < 4.78 is 4.67. The first-order valence-electron chi connectivity index (χ1n) is 7.64. The zero-order chi connectivity index (χ0) is 16.6. The SMILES string of the molecule is COC(=O)CCC1([N+](=O)[O-])C2C=CC(C2)C1c1ccc(Cl)cc1. The normalized spacial score (nSPS) is 31.3. The van der Waals surface area contributed by atoms with Crippen molar-refractivity contribution in [2.45, 2.75) is 30.7 Å². The van der Waals surface area contributed by atoms with Crippen molar-refractivity contribution in [3.05, 3.63) is 57.1 Å². The summed E-state index contributed by atoms with van der Waals surface area (Å²) in [4.78, 5) is 23.4. The molecular weight excluding hydrogens is 318 g/mol. The Morgan fingerprint density at radius 1 is 1.39 bits per heavy atom. The smallest absolute Gasteiger partial charge is 0.305 e. The molecule has 0 saturated heterocycles. The summed E-state index contributed by atoms with van der Waals surface area (Å²) in [5.74, 6) is -0.667. The highest BCUT2D eigenvalue weighted by molar-refractivity contribution is 6.30. The molecule has 0 N–H and O–H groups in total. The number of benzene rings is 1. The van der Waals surface area contributed by atoms with Crippen LogP contribution in [0.15, 0.2) is 36.4 Å². The van der Waals surface area contributed by atoms with Gasteiger partial charge in [0.2, 0.25) is 5.54 Å². The van der Waals surface area contributed by atoms with E-state index in [4.69, 9.17) is 11.6 Å². The molecule has 3 rings (SSSR count). The average Bonchev–Trinajstić information content (AvgIpc) is 3.13. The van der Waals surface area contributed by atoms with E-state index in [-0.39, 0.29) is 35.5 Å². The molecule has 0 radical (unpaired) electrons. The van der Waals surface area contributed by atoms with Gasteiger partial charge in [-0.15, -0.1) is 0 Å². The molecule has 2 bridgehead atoms. The fourth-order valence-corrected chi connectivity index (χ4v) is 4.36. The number of ether oxygens (including phenoxy) is 1. The van der Waals surface area contributed by atoms with Gasteiger partial charge >= 0.3 is 5.97 Å². The second-order valence-electron chi connectivity index (χ2n) is 6.24. The molecule has 1 saturated carbocycles. The van der Waals surface area contributed by atoms with Gasteiger partial charge in [0.05, 0.1) is 19.4 Å². The number of nitrogens with zero attached hydrogens (tertiary/aromatic N) is 1. The number of methoxy groups -OCH3 is 1. The van der Waals surface area contributed by atoms with Gasteiger partial charge in [0, 0.05) is 22.3 Å². The van der Waals surface area contributed by atoms with Crippen molar-refractivity contribution in [1.82, 2.24) is 0 Å². The average molecular weight is 336 g/mol. The molecule has 23 heavy (non-hydrogen) atoms. The maximum absolute atomic E-state index is 12.1. The van der Waals surface area contributed by atoms with Crippen LogP contribution in [-0.2, 0) is 9.53 Å². The summed E-state index contributed by atoms with van der Waals surface area (Å²) in [7, 11) is 1.30. The van der Waals surface area contributed by atoms with Gasteiger partial charge in [-0.05, 0) is 30.0 Å². The van der Waals surface area contributed by atoms with E-state index in [1.54, 1.807) is 12.1 Å². The van der Waals surface area contributed by atoms with Crippen LogP contribution in [0.2, 0.25) is 5.02 Å². The summed E-state index contributed by atoms with van der Waals surface area (Å²) in [6, 6.07) is 7.24. The number of esters is 1. The van der Waals surface area contributed by atoms with E-state index < -0.39 is 11.5 Å². The Bertz CT molecular complexity index is 657. The van der Waals surface area contributed by atoms with E-state index in [1.807, 2.05) is 18.2 Å². The van der Waals surface area contributed by atoms with Crippen LogP contribution < -0.4 is 0 Å². The summed E-state index contributed by atoms with van der Waals surface area (Å²) in [6.45, 7) is 0. The zero-order valence-electron chi connectivity index (χ0n) is 12.8. The van der Waals surface area contributed by atoms with Gasteiger partial charge in [0.25, 0.3) is 0 Å². The maximum atomic E-state index is 12.1. The molecule has 1 fully saturated rings. The fraction of sp³-hybridized carbons (Fsp3) is 0.471. The quantitative estimate of drug-likeness (QED) is 0.357.